The monoisotopic (exact) mass is 221 g/mol. The molecule has 1 aliphatic rings. The molecule has 16 heavy (non-hydrogen) atoms. The second-order valence-electron chi connectivity index (χ2n) is 4.06. The van der Waals surface area contributed by atoms with Gasteiger partial charge >= 0.3 is 5.97 Å². The van der Waals surface area contributed by atoms with Gasteiger partial charge in [-0.3, -0.25) is 0 Å². The second-order valence-corrected chi connectivity index (χ2v) is 4.06. The van der Waals surface area contributed by atoms with E-state index in [9.17, 15) is 4.79 Å². The SMILES string of the molecule is COC1CC(Nc2cccc(C(=O)O)c2)C1. The molecule has 86 valence electrons. The number of carboxylic acids is 1. The maximum Gasteiger partial charge on any atom is 0.335 e. The van der Waals surface area contributed by atoms with Crippen LogP contribution in [0.2, 0.25) is 0 Å². The molecule has 4 nitrogen and oxygen atoms in total. The van der Waals surface area contributed by atoms with E-state index in [0.29, 0.717) is 17.7 Å². The highest BCUT2D eigenvalue weighted by Gasteiger charge is 2.28. The maximum atomic E-state index is 10.8. The summed E-state index contributed by atoms with van der Waals surface area (Å²) in [6.45, 7) is 0. The molecule has 0 atom stereocenters. The molecule has 0 saturated heterocycles. The number of benzene rings is 1. The zero-order valence-corrected chi connectivity index (χ0v) is 9.14. The number of ether oxygens (including phenoxy) is 1. The van der Waals surface area contributed by atoms with Crippen molar-refractivity contribution in [2.75, 3.05) is 12.4 Å². The average molecular weight is 221 g/mol. The molecule has 0 radical (unpaired) electrons. The van der Waals surface area contributed by atoms with Crippen LogP contribution in [0.5, 0.6) is 0 Å². The Morgan fingerprint density at radius 2 is 2.25 bits per heavy atom. The van der Waals surface area contributed by atoms with Gasteiger partial charge in [0, 0.05) is 18.8 Å². The summed E-state index contributed by atoms with van der Waals surface area (Å²) in [5, 5.41) is 12.1. The topological polar surface area (TPSA) is 58.6 Å². The van der Waals surface area contributed by atoms with Gasteiger partial charge in [-0.1, -0.05) is 6.07 Å². The molecule has 1 fully saturated rings. The van der Waals surface area contributed by atoms with Crippen LogP contribution in [0.1, 0.15) is 23.2 Å². The zero-order chi connectivity index (χ0) is 11.5. The molecule has 0 unspecified atom stereocenters. The van der Waals surface area contributed by atoms with Gasteiger partial charge in [0.2, 0.25) is 0 Å². The second kappa shape index (κ2) is 4.53. The van der Waals surface area contributed by atoms with Crippen molar-refractivity contribution in [3.05, 3.63) is 29.8 Å². The molecule has 1 aromatic carbocycles. The van der Waals surface area contributed by atoms with Crippen molar-refractivity contribution in [1.29, 1.82) is 0 Å². The Kier molecular flexibility index (Phi) is 3.10. The van der Waals surface area contributed by atoms with E-state index in [0.717, 1.165) is 18.5 Å². The lowest BCUT2D eigenvalue weighted by molar-refractivity contribution is 0.0328. The van der Waals surface area contributed by atoms with Crippen LogP contribution in [-0.2, 0) is 4.74 Å². The Morgan fingerprint density at radius 1 is 1.50 bits per heavy atom. The van der Waals surface area contributed by atoms with Gasteiger partial charge in [0.1, 0.15) is 0 Å². The zero-order valence-electron chi connectivity index (χ0n) is 9.14. The summed E-state index contributed by atoms with van der Waals surface area (Å²) in [7, 11) is 1.71. The van der Waals surface area contributed by atoms with E-state index < -0.39 is 5.97 Å². The highest BCUT2D eigenvalue weighted by Crippen LogP contribution is 2.26. The number of hydrogen-bond donors (Lipinski definition) is 2. The molecule has 4 heteroatoms. The van der Waals surface area contributed by atoms with Gasteiger partial charge in [0.25, 0.3) is 0 Å². The van der Waals surface area contributed by atoms with Gasteiger partial charge in [-0.05, 0) is 31.0 Å². The normalized spacial score (nSPS) is 23.6. The molecule has 1 aromatic rings. The van der Waals surface area contributed by atoms with Gasteiger partial charge < -0.3 is 15.2 Å². The summed E-state index contributed by atoms with van der Waals surface area (Å²) in [5.74, 6) is -0.896. The van der Waals surface area contributed by atoms with Crippen LogP contribution in [0.25, 0.3) is 0 Å². The molecular weight excluding hydrogens is 206 g/mol. The Bertz CT molecular complexity index is 386. The molecule has 1 aliphatic carbocycles. The highest BCUT2D eigenvalue weighted by atomic mass is 16.5. The fraction of sp³-hybridized carbons (Fsp3) is 0.417. The number of nitrogens with one attached hydrogen (secondary N) is 1. The molecule has 2 rings (SSSR count). The van der Waals surface area contributed by atoms with Gasteiger partial charge in [-0.15, -0.1) is 0 Å². The van der Waals surface area contributed by atoms with Crippen molar-refractivity contribution >= 4 is 11.7 Å². The number of anilines is 1. The minimum atomic E-state index is -0.896. The van der Waals surface area contributed by atoms with Gasteiger partial charge in [0.15, 0.2) is 0 Å². The van der Waals surface area contributed by atoms with E-state index in [1.54, 1.807) is 25.3 Å². The fourth-order valence-electron chi connectivity index (χ4n) is 1.85. The number of rotatable bonds is 4. The molecule has 0 heterocycles. The number of methoxy groups -OCH3 is 1. The van der Waals surface area contributed by atoms with E-state index >= 15 is 0 Å². The molecular formula is C12H15NO3. The maximum absolute atomic E-state index is 10.8. The molecule has 2 N–H and O–H groups in total. The molecule has 0 amide bonds. The average Bonchev–Trinajstić information content (AvgIpc) is 2.23. The fourth-order valence-corrected chi connectivity index (χ4v) is 1.85. The third kappa shape index (κ3) is 2.33. The predicted molar refractivity (Wildman–Crippen MR) is 60.8 cm³/mol. The predicted octanol–water partition coefficient (Wildman–Crippen LogP) is 1.97. The third-order valence-corrected chi connectivity index (χ3v) is 2.91. The lowest BCUT2D eigenvalue weighted by atomic mass is 9.89. The smallest absolute Gasteiger partial charge is 0.335 e. The third-order valence-electron chi connectivity index (χ3n) is 2.91. The van der Waals surface area contributed by atoms with Crippen LogP contribution < -0.4 is 5.32 Å². The number of aromatic carboxylic acids is 1. The standard InChI is InChI=1S/C12H15NO3/c1-16-11-6-10(7-11)13-9-4-2-3-8(5-9)12(14)15/h2-5,10-11,13H,6-7H2,1H3,(H,14,15). The molecule has 0 spiro atoms. The van der Waals surface area contributed by atoms with Crippen LogP contribution in [-0.4, -0.2) is 30.3 Å². The van der Waals surface area contributed by atoms with Crippen molar-refractivity contribution in [3.8, 4) is 0 Å². The summed E-state index contributed by atoms with van der Waals surface area (Å²) >= 11 is 0. The van der Waals surface area contributed by atoms with Gasteiger partial charge in [0.05, 0.1) is 11.7 Å². The van der Waals surface area contributed by atoms with Crippen LogP contribution >= 0.6 is 0 Å². The number of carbonyl (C=O) groups is 1. The van der Waals surface area contributed by atoms with Gasteiger partial charge in [-0.2, -0.15) is 0 Å². The summed E-state index contributed by atoms with van der Waals surface area (Å²) in [5.41, 5.74) is 1.17. The quantitative estimate of drug-likeness (QED) is 0.816. The lowest BCUT2D eigenvalue weighted by Gasteiger charge is -2.35. The number of carboxylic acid groups (broad SMARTS) is 1. The lowest BCUT2D eigenvalue weighted by Crippen LogP contribution is -2.40. The van der Waals surface area contributed by atoms with Crippen molar-refractivity contribution in [3.63, 3.8) is 0 Å². The first-order chi connectivity index (χ1) is 7.69. The first-order valence-corrected chi connectivity index (χ1v) is 5.31. The number of hydrogen-bond acceptors (Lipinski definition) is 3. The van der Waals surface area contributed by atoms with E-state index in [1.807, 2.05) is 6.07 Å². The largest absolute Gasteiger partial charge is 0.478 e. The van der Waals surface area contributed by atoms with E-state index in [-0.39, 0.29) is 0 Å². The highest BCUT2D eigenvalue weighted by molar-refractivity contribution is 5.88. The Labute approximate surface area is 94.2 Å². The van der Waals surface area contributed by atoms with Crippen molar-refractivity contribution in [2.24, 2.45) is 0 Å². The van der Waals surface area contributed by atoms with Gasteiger partial charge in [-0.25, -0.2) is 4.79 Å². The Morgan fingerprint density at radius 3 is 2.88 bits per heavy atom. The Balaban J connectivity index is 1.95. The summed E-state index contributed by atoms with van der Waals surface area (Å²) in [6, 6.07) is 7.27. The van der Waals surface area contributed by atoms with Crippen LogP contribution in [0, 0.1) is 0 Å². The van der Waals surface area contributed by atoms with E-state index in [1.165, 1.54) is 0 Å². The first-order valence-electron chi connectivity index (χ1n) is 5.31. The van der Waals surface area contributed by atoms with E-state index in [2.05, 4.69) is 5.32 Å². The summed E-state index contributed by atoms with van der Waals surface area (Å²) in [6.07, 6.45) is 2.31. The van der Waals surface area contributed by atoms with Crippen LogP contribution in [0.3, 0.4) is 0 Å². The molecule has 0 bridgehead atoms. The summed E-state index contributed by atoms with van der Waals surface area (Å²) in [4.78, 5) is 10.8. The molecule has 1 saturated carbocycles. The molecule has 0 aliphatic heterocycles. The van der Waals surface area contributed by atoms with Crippen LogP contribution in [0.15, 0.2) is 24.3 Å². The Hall–Kier alpha value is -1.55. The van der Waals surface area contributed by atoms with Crippen LogP contribution in [0.4, 0.5) is 5.69 Å². The minimum absolute atomic E-state index is 0.313. The first kappa shape index (κ1) is 11.0. The van der Waals surface area contributed by atoms with Crippen molar-refractivity contribution in [1.82, 2.24) is 0 Å². The van der Waals surface area contributed by atoms with Crippen molar-refractivity contribution < 1.29 is 14.6 Å². The summed E-state index contributed by atoms with van der Waals surface area (Å²) < 4.78 is 5.18. The molecule has 0 aromatic heterocycles. The van der Waals surface area contributed by atoms with E-state index in [4.69, 9.17) is 9.84 Å². The van der Waals surface area contributed by atoms with Crippen molar-refractivity contribution in [2.45, 2.75) is 25.0 Å². The minimum Gasteiger partial charge on any atom is -0.478 e.